The number of hydrogen-bond acceptors (Lipinski definition) is 7. The van der Waals surface area contributed by atoms with E-state index in [1.165, 1.54) is 16.6 Å². The summed E-state index contributed by atoms with van der Waals surface area (Å²) in [7, 11) is 0. The van der Waals surface area contributed by atoms with Crippen LogP contribution in [-0.2, 0) is 11.2 Å². The Morgan fingerprint density at radius 1 is 0.952 bits per heavy atom. The van der Waals surface area contributed by atoms with Crippen molar-refractivity contribution >= 4 is 17.3 Å². The number of hydrogen-bond donors (Lipinski definition) is 1. The maximum atomic E-state index is 13.7. The smallest absolute Gasteiger partial charge is 0.231 e. The number of nitrogens with two attached hydrogens (primary N) is 1. The summed E-state index contributed by atoms with van der Waals surface area (Å²) in [6.45, 7) is 1.58. The van der Waals surface area contributed by atoms with Crippen LogP contribution in [-0.4, -0.2) is 65.4 Å². The number of Topliss-reactive ketones (excluding diaryl/α,β-unsaturated/α-hetero) is 1. The molecule has 42 heavy (non-hydrogen) atoms. The Balaban J connectivity index is 1.34. The Morgan fingerprint density at radius 3 is 2.36 bits per heavy atom. The third-order valence-electron chi connectivity index (χ3n) is 7.28. The SMILES string of the molecule is NC(=O)CN1CCC(n2cnc(-c3ccc(F)cc3)c2-c2ccc3nc(CC(=O)c4cc(F)nc(F)c4)cn3n2)CC1. The molecule has 5 heterocycles. The molecule has 0 aliphatic carbocycles. The van der Waals surface area contributed by atoms with E-state index in [1.807, 2.05) is 4.90 Å². The van der Waals surface area contributed by atoms with Gasteiger partial charge in [-0.05, 0) is 49.2 Å². The van der Waals surface area contributed by atoms with Gasteiger partial charge in [-0.25, -0.2) is 18.9 Å². The molecule has 4 aromatic heterocycles. The van der Waals surface area contributed by atoms with Crippen molar-refractivity contribution in [3.05, 3.63) is 90.0 Å². The molecular formula is C29H25F3N8O2. The van der Waals surface area contributed by atoms with E-state index in [1.54, 1.807) is 36.8 Å². The number of piperidine rings is 1. The van der Waals surface area contributed by atoms with E-state index in [4.69, 9.17) is 10.8 Å². The lowest BCUT2D eigenvalue weighted by Crippen LogP contribution is -2.40. The Hall–Kier alpha value is -4.91. The number of aromatic nitrogens is 6. The number of carbonyl (C=O) groups is 2. The van der Waals surface area contributed by atoms with Crippen molar-refractivity contribution in [2.75, 3.05) is 19.6 Å². The summed E-state index contributed by atoms with van der Waals surface area (Å²) in [5.41, 5.74) is 8.72. The van der Waals surface area contributed by atoms with E-state index in [9.17, 15) is 22.8 Å². The van der Waals surface area contributed by atoms with Gasteiger partial charge in [-0.15, -0.1) is 0 Å². The number of primary amides is 1. The first kappa shape index (κ1) is 27.3. The Bertz CT molecular complexity index is 1770. The average molecular weight is 575 g/mol. The highest BCUT2D eigenvalue weighted by Gasteiger charge is 2.26. The van der Waals surface area contributed by atoms with E-state index < -0.39 is 17.7 Å². The summed E-state index contributed by atoms with van der Waals surface area (Å²) >= 11 is 0. The Morgan fingerprint density at radius 2 is 1.67 bits per heavy atom. The largest absolute Gasteiger partial charge is 0.369 e. The van der Waals surface area contributed by atoms with Crippen molar-refractivity contribution in [1.29, 1.82) is 0 Å². The normalized spacial score (nSPS) is 14.5. The van der Waals surface area contributed by atoms with Gasteiger partial charge in [0.15, 0.2) is 11.4 Å². The minimum absolute atomic E-state index is 0.0699. The van der Waals surface area contributed by atoms with Gasteiger partial charge in [0.1, 0.15) is 11.5 Å². The van der Waals surface area contributed by atoms with Crippen LogP contribution >= 0.6 is 0 Å². The molecule has 1 amide bonds. The zero-order valence-electron chi connectivity index (χ0n) is 22.3. The molecule has 0 bridgehead atoms. The number of amides is 1. The number of benzene rings is 1. The van der Waals surface area contributed by atoms with Gasteiger partial charge in [0.2, 0.25) is 17.8 Å². The predicted molar refractivity (Wildman–Crippen MR) is 146 cm³/mol. The summed E-state index contributed by atoms with van der Waals surface area (Å²) in [5.74, 6) is -3.40. The highest BCUT2D eigenvalue weighted by Crippen LogP contribution is 2.35. The van der Waals surface area contributed by atoms with Crippen LogP contribution in [0.2, 0.25) is 0 Å². The van der Waals surface area contributed by atoms with Gasteiger partial charge in [0, 0.05) is 42.4 Å². The van der Waals surface area contributed by atoms with Crippen LogP contribution in [0.1, 0.15) is 34.9 Å². The van der Waals surface area contributed by atoms with Gasteiger partial charge in [-0.3, -0.25) is 14.5 Å². The van der Waals surface area contributed by atoms with Gasteiger partial charge in [-0.1, -0.05) is 0 Å². The number of halogens is 3. The van der Waals surface area contributed by atoms with Gasteiger partial charge >= 0.3 is 0 Å². The molecule has 10 nitrogen and oxygen atoms in total. The lowest BCUT2D eigenvalue weighted by molar-refractivity contribution is -0.119. The minimum Gasteiger partial charge on any atom is -0.369 e. The zero-order chi connectivity index (χ0) is 29.4. The molecule has 1 saturated heterocycles. The van der Waals surface area contributed by atoms with Crippen LogP contribution in [0, 0.1) is 17.7 Å². The third kappa shape index (κ3) is 5.63. The fourth-order valence-corrected chi connectivity index (χ4v) is 5.32. The van der Waals surface area contributed by atoms with Crippen molar-refractivity contribution < 1.29 is 22.8 Å². The number of ketones is 1. The van der Waals surface area contributed by atoms with Crippen LogP contribution in [0.3, 0.4) is 0 Å². The van der Waals surface area contributed by atoms with Gasteiger partial charge in [-0.2, -0.15) is 18.9 Å². The standard InChI is InChI=1S/C29H25F3N8O2/c30-19-3-1-17(2-4-19)28-29(39(16-34-28)21-7-9-38(10-8-21)15-26(33)42)22-5-6-27-35-20(14-40(27)37-22)13-23(41)18-11-24(31)36-25(32)12-18/h1-6,11-12,14,16,21H,7-10,13,15H2,(H2,33,42). The Kier molecular flexibility index (Phi) is 7.25. The summed E-state index contributed by atoms with van der Waals surface area (Å²) in [4.78, 5) is 38.2. The molecule has 0 spiro atoms. The topological polar surface area (TPSA) is 124 Å². The first-order valence-corrected chi connectivity index (χ1v) is 13.3. The van der Waals surface area contributed by atoms with Crippen molar-refractivity contribution in [2.24, 2.45) is 5.73 Å². The maximum absolute atomic E-state index is 13.7. The molecule has 0 saturated carbocycles. The number of nitrogens with zero attached hydrogens (tertiary/aromatic N) is 7. The van der Waals surface area contributed by atoms with Crippen LogP contribution in [0.4, 0.5) is 13.2 Å². The molecule has 0 unspecified atom stereocenters. The van der Waals surface area contributed by atoms with Gasteiger partial charge < -0.3 is 10.3 Å². The number of imidazole rings is 2. The lowest BCUT2D eigenvalue weighted by Gasteiger charge is -2.32. The maximum Gasteiger partial charge on any atom is 0.231 e. The fourth-order valence-electron chi connectivity index (χ4n) is 5.32. The van der Waals surface area contributed by atoms with Crippen molar-refractivity contribution in [3.63, 3.8) is 0 Å². The molecule has 13 heteroatoms. The van der Waals surface area contributed by atoms with E-state index in [0.29, 0.717) is 41.4 Å². The quantitative estimate of drug-likeness (QED) is 0.222. The second kappa shape index (κ2) is 11.2. The highest BCUT2D eigenvalue weighted by atomic mass is 19.1. The second-order valence-electron chi connectivity index (χ2n) is 10.2. The van der Waals surface area contributed by atoms with Crippen LogP contribution in [0.15, 0.2) is 61.1 Å². The molecule has 0 radical (unpaired) electrons. The molecule has 5 aromatic rings. The van der Waals surface area contributed by atoms with E-state index in [0.717, 1.165) is 30.7 Å². The van der Waals surface area contributed by atoms with Crippen LogP contribution < -0.4 is 5.73 Å². The highest BCUT2D eigenvalue weighted by molar-refractivity contribution is 5.97. The molecular weight excluding hydrogens is 549 g/mol. The lowest BCUT2D eigenvalue weighted by atomic mass is 10.0. The second-order valence-corrected chi connectivity index (χ2v) is 10.2. The summed E-state index contributed by atoms with van der Waals surface area (Å²) in [6.07, 6.45) is 4.67. The predicted octanol–water partition coefficient (Wildman–Crippen LogP) is 3.62. The van der Waals surface area contributed by atoms with Crippen molar-refractivity contribution in [3.8, 4) is 22.6 Å². The van der Waals surface area contributed by atoms with Gasteiger partial charge in [0.05, 0.1) is 42.6 Å². The number of likely N-dealkylation sites (tertiary alicyclic amines) is 1. The fraction of sp³-hybridized carbons (Fsp3) is 0.241. The average Bonchev–Trinajstić information content (AvgIpc) is 3.57. The number of pyridine rings is 1. The number of carbonyl (C=O) groups excluding carboxylic acids is 2. The molecule has 1 aliphatic heterocycles. The molecule has 214 valence electrons. The van der Waals surface area contributed by atoms with E-state index in [-0.39, 0.29) is 36.3 Å². The van der Waals surface area contributed by atoms with Crippen molar-refractivity contribution in [1.82, 2.24) is 34.0 Å². The molecule has 0 atom stereocenters. The molecule has 2 N–H and O–H groups in total. The first-order chi connectivity index (χ1) is 20.2. The Labute approximate surface area is 237 Å². The zero-order valence-corrected chi connectivity index (χ0v) is 22.3. The van der Waals surface area contributed by atoms with E-state index >= 15 is 0 Å². The minimum atomic E-state index is -1.08. The monoisotopic (exact) mass is 574 g/mol. The third-order valence-corrected chi connectivity index (χ3v) is 7.28. The summed E-state index contributed by atoms with van der Waals surface area (Å²) in [6, 6.07) is 11.4. The van der Waals surface area contributed by atoms with Crippen LogP contribution in [0.25, 0.3) is 28.3 Å². The number of rotatable bonds is 8. The van der Waals surface area contributed by atoms with Crippen molar-refractivity contribution in [2.45, 2.75) is 25.3 Å². The molecule has 6 rings (SSSR count). The van der Waals surface area contributed by atoms with E-state index in [2.05, 4.69) is 19.5 Å². The molecule has 1 fully saturated rings. The summed E-state index contributed by atoms with van der Waals surface area (Å²) in [5, 5.41) is 4.77. The summed E-state index contributed by atoms with van der Waals surface area (Å²) < 4.78 is 44.3. The van der Waals surface area contributed by atoms with Gasteiger partial charge in [0.25, 0.3) is 0 Å². The van der Waals surface area contributed by atoms with Crippen LogP contribution in [0.5, 0.6) is 0 Å². The number of fused-ring (bicyclic) bond motifs is 1. The molecule has 1 aromatic carbocycles. The first-order valence-electron chi connectivity index (χ1n) is 13.3. The molecule has 1 aliphatic rings.